The quantitative estimate of drug-likeness (QED) is 0.757. The molecule has 0 radical (unpaired) electrons. The van der Waals surface area contributed by atoms with Gasteiger partial charge in [0, 0.05) is 18.8 Å². The van der Waals surface area contributed by atoms with E-state index in [0.717, 1.165) is 18.8 Å². The molecule has 0 aromatic heterocycles. The highest BCUT2D eigenvalue weighted by Gasteiger charge is 2.18. The maximum Gasteiger partial charge on any atom is 0.180 e. The predicted molar refractivity (Wildman–Crippen MR) is 71.2 cm³/mol. The smallest absolute Gasteiger partial charge is 0.180 e. The number of benzene rings is 1. The molecule has 1 aromatic rings. The summed E-state index contributed by atoms with van der Waals surface area (Å²) in [6.07, 6.45) is 0. The second kappa shape index (κ2) is 6.02. The average molecular weight is 256 g/mol. The fraction of sp³-hybridized carbons (Fsp3) is 0.500. The van der Waals surface area contributed by atoms with E-state index in [-0.39, 0.29) is 5.25 Å². The van der Waals surface area contributed by atoms with Crippen LogP contribution in [-0.4, -0.2) is 33.8 Å². The Labute approximate surface area is 103 Å². The lowest BCUT2D eigenvalue weighted by Crippen LogP contribution is -2.18. The summed E-state index contributed by atoms with van der Waals surface area (Å²) in [5, 5.41) is 5.84. The first-order valence-electron chi connectivity index (χ1n) is 5.71. The van der Waals surface area contributed by atoms with Crippen LogP contribution in [0, 0.1) is 0 Å². The van der Waals surface area contributed by atoms with Gasteiger partial charge in [-0.05, 0) is 45.2 Å². The van der Waals surface area contributed by atoms with Crippen molar-refractivity contribution in [1.29, 1.82) is 0 Å². The van der Waals surface area contributed by atoms with Crippen LogP contribution in [-0.2, 0) is 9.84 Å². The zero-order valence-corrected chi connectivity index (χ0v) is 11.3. The van der Waals surface area contributed by atoms with Gasteiger partial charge in [0.1, 0.15) is 0 Å². The van der Waals surface area contributed by atoms with Gasteiger partial charge in [-0.2, -0.15) is 0 Å². The second-order valence-electron chi connectivity index (χ2n) is 4.15. The van der Waals surface area contributed by atoms with E-state index in [4.69, 9.17) is 0 Å². The van der Waals surface area contributed by atoms with Crippen LogP contribution < -0.4 is 10.6 Å². The first-order valence-corrected chi connectivity index (χ1v) is 7.25. The van der Waals surface area contributed by atoms with E-state index >= 15 is 0 Å². The lowest BCUT2D eigenvalue weighted by atomic mass is 10.3. The van der Waals surface area contributed by atoms with E-state index in [1.54, 1.807) is 38.1 Å². The first-order chi connectivity index (χ1) is 7.98. The van der Waals surface area contributed by atoms with Crippen molar-refractivity contribution >= 4 is 15.5 Å². The summed E-state index contributed by atoms with van der Waals surface area (Å²) in [4.78, 5) is 0.381. The van der Waals surface area contributed by atoms with Crippen LogP contribution in [0.5, 0.6) is 0 Å². The normalized spacial score (nSPS) is 11.8. The molecule has 0 amide bonds. The Morgan fingerprint density at radius 3 is 2.18 bits per heavy atom. The standard InChI is InChI=1S/C12H20N2O2S/c1-10(2)17(15,16)12-6-4-11(5-7-12)14-9-8-13-3/h4-7,10,13-14H,8-9H2,1-3H3. The molecule has 1 aromatic carbocycles. The minimum absolute atomic E-state index is 0.381. The second-order valence-corrected chi connectivity index (χ2v) is 6.65. The molecule has 0 heterocycles. The van der Waals surface area contributed by atoms with E-state index in [1.165, 1.54) is 0 Å². The molecule has 0 spiro atoms. The van der Waals surface area contributed by atoms with Crippen molar-refractivity contribution in [1.82, 2.24) is 5.32 Å². The molecule has 0 fully saturated rings. The Kier molecular flexibility index (Phi) is 4.96. The summed E-state index contributed by atoms with van der Waals surface area (Å²) < 4.78 is 23.7. The molecular formula is C12H20N2O2S. The van der Waals surface area contributed by atoms with Gasteiger partial charge in [0.05, 0.1) is 10.1 Å². The van der Waals surface area contributed by atoms with Gasteiger partial charge in [-0.1, -0.05) is 0 Å². The van der Waals surface area contributed by atoms with Crippen LogP contribution in [0.25, 0.3) is 0 Å². The number of rotatable bonds is 6. The topological polar surface area (TPSA) is 58.2 Å². The van der Waals surface area contributed by atoms with Gasteiger partial charge in [-0.3, -0.25) is 0 Å². The molecule has 4 nitrogen and oxygen atoms in total. The third-order valence-corrected chi connectivity index (χ3v) is 4.68. The average Bonchev–Trinajstić information content (AvgIpc) is 2.30. The number of nitrogens with one attached hydrogen (secondary N) is 2. The Balaban J connectivity index is 2.75. The van der Waals surface area contributed by atoms with Crippen molar-refractivity contribution in [2.24, 2.45) is 0 Å². The summed E-state index contributed by atoms with van der Waals surface area (Å²) in [5.41, 5.74) is 0.933. The van der Waals surface area contributed by atoms with Gasteiger partial charge in [0.15, 0.2) is 9.84 Å². The molecular weight excluding hydrogens is 236 g/mol. The van der Waals surface area contributed by atoms with E-state index in [2.05, 4.69) is 10.6 Å². The van der Waals surface area contributed by atoms with Crippen molar-refractivity contribution < 1.29 is 8.42 Å². The number of sulfone groups is 1. The molecule has 0 saturated heterocycles. The first kappa shape index (κ1) is 14.0. The molecule has 5 heteroatoms. The van der Waals surface area contributed by atoms with E-state index in [0.29, 0.717) is 4.90 Å². The molecule has 1 rings (SSSR count). The van der Waals surface area contributed by atoms with Gasteiger partial charge in [-0.25, -0.2) is 8.42 Å². The van der Waals surface area contributed by atoms with Crippen molar-refractivity contribution in [2.75, 3.05) is 25.5 Å². The van der Waals surface area contributed by atoms with E-state index in [9.17, 15) is 8.42 Å². The highest BCUT2D eigenvalue weighted by Crippen LogP contribution is 2.18. The number of likely N-dealkylation sites (N-methyl/N-ethyl adjacent to an activating group) is 1. The summed E-state index contributed by atoms with van der Waals surface area (Å²) in [7, 11) is -1.27. The molecule has 96 valence electrons. The van der Waals surface area contributed by atoms with Crippen LogP contribution in [0.4, 0.5) is 5.69 Å². The van der Waals surface area contributed by atoms with Crippen LogP contribution in [0.15, 0.2) is 29.2 Å². The van der Waals surface area contributed by atoms with Crippen LogP contribution in [0.3, 0.4) is 0 Å². The van der Waals surface area contributed by atoms with Crippen molar-refractivity contribution in [3.63, 3.8) is 0 Å². The molecule has 0 aliphatic carbocycles. The minimum atomic E-state index is -3.16. The SMILES string of the molecule is CNCCNc1ccc(S(=O)(=O)C(C)C)cc1. The van der Waals surface area contributed by atoms with E-state index < -0.39 is 9.84 Å². The van der Waals surface area contributed by atoms with Gasteiger partial charge in [-0.15, -0.1) is 0 Å². The van der Waals surface area contributed by atoms with Crippen LogP contribution in [0.2, 0.25) is 0 Å². The summed E-state index contributed by atoms with van der Waals surface area (Å²) in [6, 6.07) is 6.89. The third-order valence-electron chi connectivity index (χ3n) is 2.51. The summed E-state index contributed by atoms with van der Waals surface area (Å²) in [5.74, 6) is 0. The fourth-order valence-electron chi connectivity index (χ4n) is 1.37. The molecule has 0 aliphatic rings. The van der Waals surface area contributed by atoms with Crippen molar-refractivity contribution in [3.8, 4) is 0 Å². The molecule has 0 atom stereocenters. The largest absolute Gasteiger partial charge is 0.384 e. The molecule has 0 saturated carbocycles. The highest BCUT2D eigenvalue weighted by atomic mass is 32.2. The lowest BCUT2D eigenvalue weighted by Gasteiger charge is -2.09. The zero-order chi connectivity index (χ0) is 12.9. The highest BCUT2D eigenvalue weighted by molar-refractivity contribution is 7.92. The lowest BCUT2D eigenvalue weighted by molar-refractivity contribution is 0.587. The number of anilines is 1. The molecule has 0 unspecified atom stereocenters. The Morgan fingerprint density at radius 1 is 1.12 bits per heavy atom. The van der Waals surface area contributed by atoms with E-state index in [1.807, 2.05) is 7.05 Å². The van der Waals surface area contributed by atoms with Crippen molar-refractivity contribution in [3.05, 3.63) is 24.3 Å². The van der Waals surface area contributed by atoms with Gasteiger partial charge in [0.2, 0.25) is 0 Å². The number of hydrogen-bond acceptors (Lipinski definition) is 4. The predicted octanol–water partition coefficient (Wildman–Crippen LogP) is 1.50. The minimum Gasteiger partial charge on any atom is -0.384 e. The van der Waals surface area contributed by atoms with Crippen molar-refractivity contribution in [2.45, 2.75) is 24.0 Å². The van der Waals surface area contributed by atoms with Crippen LogP contribution >= 0.6 is 0 Å². The zero-order valence-electron chi connectivity index (χ0n) is 10.5. The maximum atomic E-state index is 11.9. The Hall–Kier alpha value is -1.07. The Bertz CT molecular complexity index is 438. The van der Waals surface area contributed by atoms with Crippen LogP contribution in [0.1, 0.15) is 13.8 Å². The fourth-order valence-corrected chi connectivity index (χ4v) is 2.43. The number of hydrogen-bond donors (Lipinski definition) is 2. The monoisotopic (exact) mass is 256 g/mol. The third kappa shape index (κ3) is 3.71. The molecule has 0 aliphatic heterocycles. The molecule has 2 N–H and O–H groups in total. The Morgan fingerprint density at radius 2 is 1.71 bits per heavy atom. The summed E-state index contributed by atoms with van der Waals surface area (Å²) in [6.45, 7) is 5.06. The summed E-state index contributed by atoms with van der Waals surface area (Å²) >= 11 is 0. The van der Waals surface area contributed by atoms with Gasteiger partial charge < -0.3 is 10.6 Å². The van der Waals surface area contributed by atoms with Gasteiger partial charge in [0.25, 0.3) is 0 Å². The van der Waals surface area contributed by atoms with Gasteiger partial charge >= 0.3 is 0 Å². The molecule has 17 heavy (non-hydrogen) atoms. The maximum absolute atomic E-state index is 11.9. The molecule has 0 bridgehead atoms.